The molecule has 0 aromatic heterocycles. The molecule has 0 aromatic rings. The summed E-state index contributed by atoms with van der Waals surface area (Å²) in [4.78, 5) is 25.8. The predicted octanol–water partition coefficient (Wildman–Crippen LogP) is 2.34. The van der Waals surface area contributed by atoms with E-state index in [1.165, 1.54) is 0 Å². The van der Waals surface area contributed by atoms with Gasteiger partial charge >= 0.3 is 6.09 Å². The van der Waals surface area contributed by atoms with E-state index in [0.717, 1.165) is 32.2 Å². The zero-order valence-electron chi connectivity index (χ0n) is 13.2. The number of ether oxygens (including phenoxy) is 1. The van der Waals surface area contributed by atoms with Crippen molar-refractivity contribution in [1.29, 1.82) is 0 Å². The molecule has 116 valence electrons. The quantitative estimate of drug-likeness (QED) is 0.761. The van der Waals surface area contributed by atoms with Gasteiger partial charge in [-0.25, -0.2) is 4.79 Å². The van der Waals surface area contributed by atoms with Crippen LogP contribution in [-0.2, 0) is 9.53 Å². The standard InChI is InChI=1S/C15H28N2O3/c1-5-6-9-16-11-13(18)12-8-7-10-17(12)14(19)20-15(2,3)4/h12,16H,5-11H2,1-4H3/t12-/m0/s1. The molecule has 0 bridgehead atoms. The second-order valence-electron chi connectivity index (χ2n) is 6.33. The molecule has 5 nitrogen and oxygen atoms in total. The zero-order valence-corrected chi connectivity index (χ0v) is 13.2. The summed E-state index contributed by atoms with van der Waals surface area (Å²) in [7, 11) is 0. The number of rotatable bonds is 6. The highest BCUT2D eigenvalue weighted by Gasteiger charge is 2.35. The van der Waals surface area contributed by atoms with Crippen LogP contribution in [-0.4, -0.2) is 48.1 Å². The van der Waals surface area contributed by atoms with Gasteiger partial charge in [-0.3, -0.25) is 9.69 Å². The third-order valence-corrected chi connectivity index (χ3v) is 3.26. The Morgan fingerprint density at radius 1 is 1.35 bits per heavy atom. The van der Waals surface area contributed by atoms with Gasteiger partial charge in [0, 0.05) is 6.54 Å². The van der Waals surface area contributed by atoms with Gasteiger partial charge in [-0.1, -0.05) is 13.3 Å². The molecule has 0 aliphatic carbocycles. The SMILES string of the molecule is CCCCNCC(=O)[C@@H]1CCCN1C(=O)OC(C)(C)C. The molecule has 1 amide bonds. The van der Waals surface area contributed by atoms with Crippen LogP contribution in [0, 0.1) is 0 Å². The molecule has 1 fully saturated rings. The summed E-state index contributed by atoms with van der Waals surface area (Å²) in [5.41, 5.74) is -0.521. The summed E-state index contributed by atoms with van der Waals surface area (Å²) < 4.78 is 5.36. The Labute approximate surface area is 122 Å². The van der Waals surface area contributed by atoms with E-state index in [0.29, 0.717) is 13.1 Å². The maximum atomic E-state index is 12.2. The Balaban J connectivity index is 2.47. The normalized spacial score (nSPS) is 19.2. The van der Waals surface area contributed by atoms with E-state index in [9.17, 15) is 9.59 Å². The number of hydrogen-bond donors (Lipinski definition) is 1. The van der Waals surface area contributed by atoms with Gasteiger partial charge in [-0.2, -0.15) is 0 Å². The molecule has 0 spiro atoms. The monoisotopic (exact) mass is 284 g/mol. The van der Waals surface area contributed by atoms with Crippen molar-refractivity contribution in [3.63, 3.8) is 0 Å². The third-order valence-electron chi connectivity index (χ3n) is 3.26. The van der Waals surface area contributed by atoms with E-state index in [4.69, 9.17) is 4.74 Å². The second kappa shape index (κ2) is 7.62. The first-order valence-corrected chi connectivity index (χ1v) is 7.58. The first kappa shape index (κ1) is 17.0. The van der Waals surface area contributed by atoms with Crippen LogP contribution in [0.25, 0.3) is 0 Å². The highest BCUT2D eigenvalue weighted by atomic mass is 16.6. The molecule has 1 heterocycles. The fraction of sp³-hybridized carbons (Fsp3) is 0.867. The van der Waals surface area contributed by atoms with Gasteiger partial charge < -0.3 is 10.1 Å². The lowest BCUT2D eigenvalue weighted by molar-refractivity contribution is -0.122. The number of carbonyl (C=O) groups is 2. The van der Waals surface area contributed by atoms with Gasteiger partial charge in [0.2, 0.25) is 0 Å². The molecule has 1 aliphatic rings. The largest absolute Gasteiger partial charge is 0.444 e. The number of amides is 1. The first-order valence-electron chi connectivity index (χ1n) is 7.58. The Morgan fingerprint density at radius 3 is 2.65 bits per heavy atom. The van der Waals surface area contributed by atoms with Crippen LogP contribution in [0.4, 0.5) is 4.79 Å². The Kier molecular flexibility index (Phi) is 6.46. The summed E-state index contributed by atoms with van der Waals surface area (Å²) in [5, 5.41) is 3.14. The molecule has 5 heteroatoms. The lowest BCUT2D eigenvalue weighted by Gasteiger charge is -2.28. The molecule has 1 atom stereocenters. The molecule has 1 rings (SSSR count). The molecule has 1 aliphatic heterocycles. The van der Waals surface area contributed by atoms with Crippen molar-refractivity contribution >= 4 is 11.9 Å². The Morgan fingerprint density at radius 2 is 2.05 bits per heavy atom. The molecular weight excluding hydrogens is 256 g/mol. The van der Waals surface area contributed by atoms with E-state index >= 15 is 0 Å². The molecule has 0 aromatic carbocycles. The van der Waals surface area contributed by atoms with Crippen LogP contribution in [0.5, 0.6) is 0 Å². The van der Waals surface area contributed by atoms with Crippen LogP contribution in [0.2, 0.25) is 0 Å². The first-order chi connectivity index (χ1) is 9.35. The summed E-state index contributed by atoms with van der Waals surface area (Å²) in [5.74, 6) is 0.0875. The minimum absolute atomic E-state index is 0.0875. The van der Waals surface area contributed by atoms with Gasteiger partial charge in [0.25, 0.3) is 0 Å². The highest BCUT2D eigenvalue weighted by Crippen LogP contribution is 2.21. The maximum Gasteiger partial charge on any atom is 0.410 e. The van der Waals surface area contributed by atoms with Crippen LogP contribution in [0.3, 0.4) is 0 Å². The van der Waals surface area contributed by atoms with E-state index in [2.05, 4.69) is 12.2 Å². The predicted molar refractivity (Wildman–Crippen MR) is 78.7 cm³/mol. The van der Waals surface area contributed by atoms with Gasteiger partial charge in [-0.15, -0.1) is 0 Å². The molecule has 0 saturated carbocycles. The van der Waals surface area contributed by atoms with E-state index in [-0.39, 0.29) is 17.9 Å². The van der Waals surface area contributed by atoms with E-state index in [1.54, 1.807) is 4.90 Å². The second-order valence-corrected chi connectivity index (χ2v) is 6.33. The number of carbonyl (C=O) groups excluding carboxylic acids is 2. The Bertz CT molecular complexity index is 337. The highest BCUT2D eigenvalue weighted by molar-refractivity contribution is 5.89. The summed E-state index contributed by atoms with van der Waals surface area (Å²) in [6, 6.07) is -0.320. The van der Waals surface area contributed by atoms with Crippen molar-refractivity contribution in [2.24, 2.45) is 0 Å². The number of nitrogens with zero attached hydrogens (tertiary/aromatic N) is 1. The smallest absolute Gasteiger partial charge is 0.410 e. The summed E-state index contributed by atoms with van der Waals surface area (Å²) >= 11 is 0. The number of nitrogens with one attached hydrogen (secondary N) is 1. The van der Waals surface area contributed by atoms with Crippen LogP contribution in [0.1, 0.15) is 53.4 Å². The van der Waals surface area contributed by atoms with Gasteiger partial charge in [0.1, 0.15) is 5.60 Å². The van der Waals surface area contributed by atoms with E-state index < -0.39 is 5.60 Å². The average Bonchev–Trinajstić information content (AvgIpc) is 2.81. The lowest BCUT2D eigenvalue weighted by atomic mass is 10.1. The van der Waals surface area contributed by atoms with Crippen LogP contribution in [0.15, 0.2) is 0 Å². The van der Waals surface area contributed by atoms with Crippen molar-refractivity contribution in [3.05, 3.63) is 0 Å². The minimum atomic E-state index is -0.521. The van der Waals surface area contributed by atoms with E-state index in [1.807, 2.05) is 20.8 Å². The van der Waals surface area contributed by atoms with Crippen molar-refractivity contribution in [2.45, 2.75) is 65.0 Å². The molecule has 20 heavy (non-hydrogen) atoms. The molecular formula is C15H28N2O3. The fourth-order valence-electron chi connectivity index (χ4n) is 2.27. The number of ketones is 1. The molecule has 1 N–H and O–H groups in total. The maximum absolute atomic E-state index is 12.2. The Hall–Kier alpha value is -1.10. The van der Waals surface area contributed by atoms with Gasteiger partial charge in [0.15, 0.2) is 5.78 Å². The topological polar surface area (TPSA) is 58.6 Å². The lowest BCUT2D eigenvalue weighted by Crippen LogP contribution is -2.45. The number of Topliss-reactive ketones (excluding diaryl/α,β-unsaturated/α-hetero) is 1. The summed E-state index contributed by atoms with van der Waals surface area (Å²) in [6.45, 7) is 9.43. The van der Waals surface area contributed by atoms with Crippen molar-refractivity contribution in [1.82, 2.24) is 10.2 Å². The molecule has 0 unspecified atom stereocenters. The fourth-order valence-corrected chi connectivity index (χ4v) is 2.27. The van der Waals surface area contributed by atoms with Crippen molar-refractivity contribution < 1.29 is 14.3 Å². The number of unbranched alkanes of at least 4 members (excludes halogenated alkanes) is 1. The molecule has 1 saturated heterocycles. The van der Waals surface area contributed by atoms with Crippen LogP contribution < -0.4 is 5.32 Å². The average molecular weight is 284 g/mol. The van der Waals surface area contributed by atoms with Crippen molar-refractivity contribution in [2.75, 3.05) is 19.6 Å². The number of likely N-dealkylation sites (tertiary alicyclic amines) is 1. The minimum Gasteiger partial charge on any atom is -0.444 e. The third kappa shape index (κ3) is 5.49. The van der Waals surface area contributed by atoms with Gasteiger partial charge in [-0.05, 0) is 46.6 Å². The van der Waals surface area contributed by atoms with Gasteiger partial charge in [0.05, 0.1) is 12.6 Å². The zero-order chi connectivity index (χ0) is 15.2. The van der Waals surface area contributed by atoms with Crippen molar-refractivity contribution in [3.8, 4) is 0 Å². The molecule has 0 radical (unpaired) electrons. The van der Waals surface area contributed by atoms with Crippen LogP contribution >= 0.6 is 0 Å². The number of hydrogen-bond acceptors (Lipinski definition) is 4. The summed E-state index contributed by atoms with van der Waals surface area (Å²) in [6.07, 6.45) is 3.41.